The highest BCUT2D eigenvalue weighted by atomic mass is 16.6. The summed E-state index contributed by atoms with van der Waals surface area (Å²) in [7, 11) is 5.54. The van der Waals surface area contributed by atoms with Crippen molar-refractivity contribution >= 4 is 19.3 Å². The largest absolute Gasteiger partial charge is 0.460 e. The monoisotopic (exact) mass is 202 g/mol. The highest BCUT2D eigenvalue weighted by Crippen LogP contribution is 2.09. The lowest BCUT2D eigenvalue weighted by atomic mass is 9.95. The van der Waals surface area contributed by atoms with Crippen LogP contribution in [-0.2, 0) is 16.0 Å². The van der Waals surface area contributed by atoms with Crippen LogP contribution in [0.3, 0.4) is 0 Å². The molecule has 1 aromatic carbocycles. The Balaban J connectivity index is 2.55. The van der Waals surface area contributed by atoms with Gasteiger partial charge in [0.05, 0.1) is 6.42 Å². The summed E-state index contributed by atoms with van der Waals surface area (Å²) in [5.74, 6) is -0.215. The van der Waals surface area contributed by atoms with Crippen molar-refractivity contribution < 1.29 is 9.53 Å². The van der Waals surface area contributed by atoms with E-state index in [2.05, 4.69) is 0 Å². The molecule has 0 fully saturated rings. The molecule has 0 saturated carbocycles. The molecular weight excluding hydrogens is 187 g/mol. The quantitative estimate of drug-likeness (QED) is 0.534. The standard InChI is InChI=1S/C12H15BO2/c1-12(2,3)15-11(14)8-9-4-6-10(13)7-5-9/h4-7H,8H2,1-3H3. The van der Waals surface area contributed by atoms with Crippen molar-refractivity contribution in [1.82, 2.24) is 0 Å². The van der Waals surface area contributed by atoms with Gasteiger partial charge in [-0.3, -0.25) is 4.79 Å². The van der Waals surface area contributed by atoms with Crippen LogP contribution in [0.4, 0.5) is 0 Å². The molecule has 1 rings (SSSR count). The van der Waals surface area contributed by atoms with Gasteiger partial charge in [-0.2, -0.15) is 0 Å². The van der Waals surface area contributed by atoms with Crippen molar-refractivity contribution in [2.24, 2.45) is 0 Å². The number of ether oxygens (including phenoxy) is 1. The lowest BCUT2D eigenvalue weighted by molar-refractivity contribution is -0.153. The first-order chi connectivity index (χ1) is 6.87. The summed E-state index contributed by atoms with van der Waals surface area (Å²) in [6, 6.07) is 7.22. The zero-order valence-corrected chi connectivity index (χ0v) is 9.41. The van der Waals surface area contributed by atoms with Crippen molar-refractivity contribution in [2.45, 2.75) is 32.8 Å². The summed E-state index contributed by atoms with van der Waals surface area (Å²) in [4.78, 5) is 11.5. The van der Waals surface area contributed by atoms with Gasteiger partial charge in [-0.05, 0) is 26.3 Å². The van der Waals surface area contributed by atoms with Crippen LogP contribution in [0.15, 0.2) is 24.3 Å². The third-order valence-corrected chi connectivity index (χ3v) is 1.75. The zero-order valence-electron chi connectivity index (χ0n) is 9.41. The number of carbonyl (C=O) groups is 1. The Morgan fingerprint density at radius 3 is 2.27 bits per heavy atom. The van der Waals surface area contributed by atoms with Crippen molar-refractivity contribution in [3.8, 4) is 0 Å². The first kappa shape index (κ1) is 11.8. The fourth-order valence-electron chi connectivity index (χ4n) is 1.18. The third kappa shape index (κ3) is 4.68. The first-order valence-electron chi connectivity index (χ1n) is 4.93. The van der Waals surface area contributed by atoms with Crippen molar-refractivity contribution in [3.05, 3.63) is 29.8 Å². The van der Waals surface area contributed by atoms with Crippen LogP contribution < -0.4 is 5.46 Å². The predicted molar refractivity (Wildman–Crippen MR) is 61.4 cm³/mol. The molecule has 2 nitrogen and oxygen atoms in total. The van der Waals surface area contributed by atoms with Crippen LogP contribution in [0.5, 0.6) is 0 Å². The summed E-state index contributed by atoms with van der Waals surface area (Å²) in [6.45, 7) is 5.57. The van der Waals surface area contributed by atoms with E-state index in [4.69, 9.17) is 12.6 Å². The summed E-state index contributed by atoms with van der Waals surface area (Å²) in [6.07, 6.45) is 0.289. The summed E-state index contributed by atoms with van der Waals surface area (Å²) >= 11 is 0. The van der Waals surface area contributed by atoms with Gasteiger partial charge in [-0.15, -0.1) is 0 Å². The van der Waals surface area contributed by atoms with E-state index >= 15 is 0 Å². The molecule has 78 valence electrons. The molecule has 0 unspecified atom stereocenters. The van der Waals surface area contributed by atoms with Crippen LogP contribution in [0.25, 0.3) is 0 Å². The molecule has 0 aromatic heterocycles. The smallest absolute Gasteiger partial charge is 0.310 e. The normalized spacial score (nSPS) is 11.1. The second-order valence-corrected chi connectivity index (χ2v) is 4.50. The van der Waals surface area contributed by atoms with E-state index in [0.29, 0.717) is 5.46 Å². The lowest BCUT2D eigenvalue weighted by Gasteiger charge is -2.19. The van der Waals surface area contributed by atoms with Crippen LogP contribution in [0, 0.1) is 0 Å². The highest BCUT2D eigenvalue weighted by Gasteiger charge is 2.16. The van der Waals surface area contributed by atoms with Crippen molar-refractivity contribution in [2.75, 3.05) is 0 Å². The Morgan fingerprint density at radius 2 is 1.80 bits per heavy atom. The molecule has 2 radical (unpaired) electrons. The minimum absolute atomic E-state index is 0.215. The van der Waals surface area contributed by atoms with Gasteiger partial charge in [0, 0.05) is 0 Å². The molecule has 0 bridgehead atoms. The number of benzene rings is 1. The Hall–Kier alpha value is -1.25. The van der Waals surface area contributed by atoms with Crippen LogP contribution in [0.1, 0.15) is 26.3 Å². The first-order valence-corrected chi connectivity index (χ1v) is 4.93. The van der Waals surface area contributed by atoms with Gasteiger partial charge in [0.1, 0.15) is 13.4 Å². The molecule has 3 heteroatoms. The van der Waals surface area contributed by atoms with E-state index in [9.17, 15) is 4.79 Å². The molecule has 0 aliphatic heterocycles. The summed E-state index contributed by atoms with van der Waals surface area (Å²) < 4.78 is 5.20. The molecule has 0 spiro atoms. The van der Waals surface area contributed by atoms with E-state index in [0.717, 1.165) is 5.56 Å². The topological polar surface area (TPSA) is 26.3 Å². The number of hydrogen-bond acceptors (Lipinski definition) is 2. The van der Waals surface area contributed by atoms with Gasteiger partial charge in [0.2, 0.25) is 0 Å². The van der Waals surface area contributed by atoms with Gasteiger partial charge in [0.15, 0.2) is 0 Å². The Labute approximate surface area is 92.0 Å². The third-order valence-electron chi connectivity index (χ3n) is 1.75. The fraction of sp³-hybridized carbons (Fsp3) is 0.417. The molecule has 0 aliphatic rings. The second-order valence-electron chi connectivity index (χ2n) is 4.50. The van der Waals surface area contributed by atoms with Gasteiger partial charge in [-0.1, -0.05) is 29.7 Å². The number of rotatable bonds is 2. The number of carbonyl (C=O) groups excluding carboxylic acids is 1. The van der Waals surface area contributed by atoms with E-state index in [1.165, 1.54) is 0 Å². The van der Waals surface area contributed by atoms with E-state index in [-0.39, 0.29) is 12.4 Å². The SMILES string of the molecule is [B]c1ccc(CC(=O)OC(C)(C)C)cc1. The molecule has 1 aromatic rings. The summed E-state index contributed by atoms with van der Waals surface area (Å²) in [5, 5.41) is 0. The van der Waals surface area contributed by atoms with Gasteiger partial charge in [-0.25, -0.2) is 0 Å². The molecule has 0 N–H and O–H groups in total. The van der Waals surface area contributed by atoms with Gasteiger partial charge < -0.3 is 4.74 Å². The molecule has 0 saturated heterocycles. The van der Waals surface area contributed by atoms with E-state index < -0.39 is 5.60 Å². The predicted octanol–water partition coefficient (Wildman–Crippen LogP) is 1.36. The Morgan fingerprint density at radius 1 is 1.27 bits per heavy atom. The van der Waals surface area contributed by atoms with Crippen LogP contribution in [0.2, 0.25) is 0 Å². The molecule has 0 heterocycles. The maximum atomic E-state index is 11.5. The average Bonchev–Trinajstić information content (AvgIpc) is 2.05. The maximum absolute atomic E-state index is 11.5. The Kier molecular flexibility index (Phi) is 3.56. The number of hydrogen-bond donors (Lipinski definition) is 0. The van der Waals surface area contributed by atoms with Gasteiger partial charge >= 0.3 is 5.97 Å². The maximum Gasteiger partial charge on any atom is 0.310 e. The average molecular weight is 202 g/mol. The van der Waals surface area contributed by atoms with E-state index in [1.807, 2.05) is 32.9 Å². The highest BCUT2D eigenvalue weighted by molar-refractivity contribution is 6.32. The summed E-state index contributed by atoms with van der Waals surface area (Å²) in [5.41, 5.74) is 1.19. The molecule has 15 heavy (non-hydrogen) atoms. The van der Waals surface area contributed by atoms with Crippen LogP contribution >= 0.6 is 0 Å². The fourth-order valence-corrected chi connectivity index (χ4v) is 1.18. The number of esters is 1. The molecule has 0 aliphatic carbocycles. The Bertz CT molecular complexity index is 336. The van der Waals surface area contributed by atoms with E-state index in [1.54, 1.807) is 12.1 Å². The van der Waals surface area contributed by atoms with Crippen LogP contribution in [-0.4, -0.2) is 19.4 Å². The minimum Gasteiger partial charge on any atom is -0.460 e. The second kappa shape index (κ2) is 4.52. The molecule has 0 amide bonds. The molecule has 0 atom stereocenters. The van der Waals surface area contributed by atoms with Crippen molar-refractivity contribution in [3.63, 3.8) is 0 Å². The minimum atomic E-state index is -0.426. The molecular formula is C12H15BO2. The van der Waals surface area contributed by atoms with Gasteiger partial charge in [0.25, 0.3) is 0 Å². The zero-order chi connectivity index (χ0) is 11.5. The van der Waals surface area contributed by atoms with Crippen molar-refractivity contribution in [1.29, 1.82) is 0 Å². The lowest BCUT2D eigenvalue weighted by Crippen LogP contribution is -2.25.